The molecule has 129 heavy (non-hydrogen) atoms. The minimum absolute atomic E-state index is 0. The number of alkyl halides is 1. The molecule has 2 amide bonds. The molecule has 0 bridgehead atoms. The Balaban J connectivity index is 0.000000175. The molecule has 6 saturated heterocycles. The van der Waals surface area contributed by atoms with Crippen molar-refractivity contribution in [3.63, 3.8) is 0 Å². The number of halogens is 3. The number of carbonyl (C=O) groups excluding carboxylic acids is 2. The minimum atomic E-state index is -1.00. The van der Waals surface area contributed by atoms with E-state index >= 15 is 0 Å². The largest absolute Gasteiger partial charge is 1.00 e. The molecule has 0 radical (unpaired) electrons. The number of imidazole rings is 6. The molecule has 48 nitrogen and oxygen atoms in total. The molecule has 0 aliphatic carbocycles. The summed E-state index contributed by atoms with van der Waals surface area (Å²) < 4.78 is 50.5. The van der Waals surface area contributed by atoms with E-state index in [0.29, 0.717) is 35.2 Å². The third-order valence-electron chi connectivity index (χ3n) is 21.7. The number of hydrogen-bond donors (Lipinski definition) is 8. The number of nitrogens with zero attached hydrogens (tertiary/aromatic N) is 33. The molecule has 0 aromatic carbocycles. The summed E-state index contributed by atoms with van der Waals surface area (Å²) in [4.78, 5) is 97.9. The van der Waals surface area contributed by atoms with E-state index in [1.807, 2.05) is 115 Å². The number of piperidine rings is 3. The Bertz CT molecular complexity index is 5930. The van der Waals surface area contributed by atoms with Crippen molar-refractivity contribution in [1.29, 1.82) is 5.53 Å². The number of ether oxygens (including phenoxy) is 5. The molecule has 0 unspecified atom stereocenters. The maximum Gasteiger partial charge on any atom is 1.00 e. The maximum absolute atomic E-state index is 12.6. The van der Waals surface area contributed by atoms with Gasteiger partial charge in [0.15, 0.2) is 28.2 Å². The molecule has 18 heterocycles. The van der Waals surface area contributed by atoms with Crippen molar-refractivity contribution in [2.45, 2.75) is 168 Å². The van der Waals surface area contributed by atoms with Crippen LogP contribution in [-0.4, -0.2) is 214 Å². The quantitative estimate of drug-likeness (QED) is 0.00847. The van der Waals surface area contributed by atoms with Gasteiger partial charge in [-0.15, -0.1) is 18.6 Å². The van der Waals surface area contributed by atoms with Crippen molar-refractivity contribution < 1.29 is 68.6 Å². The second-order valence-electron chi connectivity index (χ2n) is 31.6. The summed E-state index contributed by atoms with van der Waals surface area (Å²) in [6.45, 7) is 24.5. The second kappa shape index (κ2) is 45.8. The molecule has 10 N–H and O–H groups in total. The Morgan fingerprint density at radius 2 is 0.915 bits per heavy atom. The fraction of sp³-hybridized carbons (Fsp3) is 0.486. The number of aromatic amines is 3. The number of alkyl carbamates (subject to hydrolysis) is 2. The normalized spacial score (nSPS) is 20.1. The van der Waals surface area contributed by atoms with Gasteiger partial charge in [0.05, 0.1) is 104 Å². The molecular weight excluding hydrogens is 1780 g/mol. The van der Waals surface area contributed by atoms with Gasteiger partial charge in [-0.25, -0.2) is 59.4 Å². The van der Waals surface area contributed by atoms with Crippen molar-refractivity contribution in [1.82, 2.24) is 98.6 Å². The number of aromatic nitrogens is 18. The summed E-state index contributed by atoms with van der Waals surface area (Å²) in [7, 11) is -1.00. The number of pyridine rings is 3. The molecule has 18 rings (SSSR count). The second-order valence-corrected chi connectivity index (χ2v) is 34.2. The van der Waals surface area contributed by atoms with Gasteiger partial charge < -0.3 is 99.5 Å². The van der Waals surface area contributed by atoms with Crippen molar-refractivity contribution >= 4 is 141 Å². The number of carbonyl (C=O) groups is 2. The zero-order valence-corrected chi connectivity index (χ0v) is 78.0. The van der Waals surface area contributed by atoms with Crippen LogP contribution < -0.4 is 66.5 Å². The molecule has 12 aromatic rings. The fourth-order valence-electron chi connectivity index (χ4n) is 15.7. The first-order chi connectivity index (χ1) is 61.3. The van der Waals surface area contributed by atoms with Gasteiger partial charge in [0, 0.05) is 140 Å². The number of amides is 2. The SMILES string of the molecule is C[C@@H]1OCC2(CCN(c3nc[c-]c4nccn34)CC2)[C@@H]1NC(=O)OC(C)(C)C.C[C@@H]1OCC2(CCN(c3ncc(Sc4ccnc5nc[nH]c45)c4nccn34)CC2)[C@@H]1N.C[C@@H]1OCC2(CCN(c3ncc(Sc4ccnc5nc[nH]c45)c4nccn34)CC2)[C@@H]1NC(=O)OC(C)(C)C.Cl.Clc1ccnc2nc[nH]c12.N=N/N=N/N=N/N=N/N=N/N=N/N=N/N=N/N.[2H]CF.[Na+].[SH-]. The van der Waals surface area contributed by atoms with Crippen LogP contribution in [0.3, 0.4) is 0 Å². The van der Waals surface area contributed by atoms with Crippen molar-refractivity contribution in [2.75, 3.05) is 80.9 Å². The fourth-order valence-corrected chi connectivity index (χ4v) is 17.8. The van der Waals surface area contributed by atoms with Crippen molar-refractivity contribution in [3.05, 3.63) is 123 Å². The first kappa shape index (κ1) is 98.3. The Morgan fingerprint density at radius 1 is 0.543 bits per heavy atom. The van der Waals surface area contributed by atoms with Gasteiger partial charge in [-0.2, -0.15) is 5.53 Å². The predicted molar refractivity (Wildman–Crippen MR) is 471 cm³/mol. The number of anilines is 3. The zero-order chi connectivity index (χ0) is 89.7. The van der Waals surface area contributed by atoms with Crippen LogP contribution in [0.25, 0.3) is 50.4 Å². The maximum atomic E-state index is 12.6. The Morgan fingerprint density at radius 3 is 1.33 bits per heavy atom. The molecule has 6 fully saturated rings. The van der Waals surface area contributed by atoms with Gasteiger partial charge in [-0.3, -0.25) is 23.2 Å². The van der Waals surface area contributed by atoms with Crippen LogP contribution in [0.5, 0.6) is 0 Å². The van der Waals surface area contributed by atoms with Crippen LogP contribution in [0.1, 0.15) is 102 Å². The van der Waals surface area contributed by atoms with E-state index in [9.17, 15) is 14.0 Å². The van der Waals surface area contributed by atoms with E-state index in [2.05, 4.69) is 196 Å². The Hall–Kier alpha value is -11.3. The van der Waals surface area contributed by atoms with Gasteiger partial charge in [-0.05, 0) is 198 Å². The average molecular weight is 1880 g/mol. The van der Waals surface area contributed by atoms with Crippen molar-refractivity contribution in [2.24, 2.45) is 106 Å². The molecule has 12 aromatic heterocycles. The van der Waals surface area contributed by atoms with Crippen LogP contribution in [0.2, 0.25) is 5.02 Å². The third-order valence-corrected chi connectivity index (χ3v) is 24.1. The topological polar surface area (TPSA) is 591 Å². The summed E-state index contributed by atoms with van der Waals surface area (Å²) in [6.07, 6.45) is 31.7. The van der Waals surface area contributed by atoms with Crippen LogP contribution in [0, 0.1) is 27.8 Å². The minimum Gasteiger partial charge on any atom is -0.813 e. The number of H-pyrrole nitrogens is 3. The van der Waals surface area contributed by atoms with Crippen LogP contribution in [0.15, 0.2) is 209 Å². The molecule has 6 atom stereocenters. The first-order valence-corrected chi connectivity index (χ1v) is 41.6. The molecule has 6 aliphatic heterocycles. The van der Waals surface area contributed by atoms with Gasteiger partial charge in [0.25, 0.3) is 0 Å². The van der Waals surface area contributed by atoms with E-state index in [1.165, 1.54) is 0 Å². The van der Waals surface area contributed by atoms with Crippen LogP contribution in [-0.2, 0) is 37.2 Å². The number of thiol groups is 1. The summed E-state index contributed by atoms with van der Waals surface area (Å²) in [6, 6.07) is 8.67. The van der Waals surface area contributed by atoms with Crippen molar-refractivity contribution in [3.8, 4) is 0 Å². The van der Waals surface area contributed by atoms with Crippen LogP contribution in [0.4, 0.5) is 31.8 Å². The average Bonchev–Trinajstić information content (AvgIpc) is 1.61. The number of nitrogens with two attached hydrogens (primary N) is 2. The van der Waals surface area contributed by atoms with Gasteiger partial charge in [0.2, 0.25) is 17.8 Å². The molecule has 6 aliphatic rings. The number of hydrogen-bond acceptors (Lipinski definition) is 28. The van der Waals surface area contributed by atoms with E-state index in [1.54, 1.807) is 79.6 Å². The van der Waals surface area contributed by atoms with Gasteiger partial charge in [0.1, 0.15) is 16.7 Å². The van der Waals surface area contributed by atoms with Crippen LogP contribution >= 0.6 is 47.5 Å². The summed E-state index contributed by atoms with van der Waals surface area (Å²) in [5.74, 6) is 7.25. The Kier molecular flexibility index (Phi) is 34.9. The molecule has 55 heteroatoms. The third kappa shape index (κ3) is 24.4. The number of fused-ring (bicyclic) bond motifs is 6. The van der Waals surface area contributed by atoms with Gasteiger partial charge >= 0.3 is 41.7 Å². The summed E-state index contributed by atoms with van der Waals surface area (Å²) in [5.41, 5.74) is 18.7. The zero-order valence-electron chi connectivity index (χ0n) is 72.9. The number of nitrogens with one attached hydrogen (secondary N) is 6. The summed E-state index contributed by atoms with van der Waals surface area (Å²) in [5, 5.41) is 50.1. The molecule has 3 spiro atoms. The molecule has 680 valence electrons. The van der Waals surface area contributed by atoms with Gasteiger partial charge in [-0.1, -0.05) is 40.3 Å². The number of rotatable bonds is 16. The predicted octanol–water partition coefficient (Wildman–Crippen LogP) is 10.8. The van der Waals surface area contributed by atoms with E-state index in [0.717, 1.165) is 155 Å². The smallest absolute Gasteiger partial charge is 0.813 e. The molecular formula is C74H96Cl2FN41NaO7S3-. The van der Waals surface area contributed by atoms with E-state index in [4.69, 9.17) is 57.9 Å². The van der Waals surface area contributed by atoms with E-state index in [-0.39, 0.29) is 114 Å². The standard InChI is InChI=1S/C26H32N8O3S.C21H24N8OS.C20H28N5O3.C6H4ClN3.CH3F.ClH.H3N17.Na.H2S/c1-16-20(32-24(35)37-25(2,3)4)26(14-36-16)6-10-33(11-7-26)23-29-13-18(22-28-9-12-34(22)23)38-17-5-8-27-21-19(17)30-15-31-21;1-13-17(22)21(11-30-13)3-7-28(8-4-21)20-25-10-15(19-24-6-9-29(19)20)31-14-2-5-23-18-16(14)26-12-27-18;1-14-16(23-18(26)28-19(2,3)4)20(13-27-14)6-10-24(11-7-20)17-22-8-5-15-21-9-12-25(15)17;7-4-1-2-8-6-5(4)9-3-10-6;1-2;;1-3-5-7-9-11-13-15-17-16-14-12-10-8-6-4-2;;/h5,8-9,12-13,15-16,20H,6-7,10-11,14H2,1-4H3,(H,32,35)(H,27,30,31);2,5-6,9-10,12-13,17H,3-4,7-8,11,22H2,1H3,(H,23,26,27);8-9,12,14,16H,6-7,10-11,13H2,1-4H3,(H,23,26);1-3H,(H,8,9,10);1H3;1H;(H3,1,2,5,6,9,10,13,14,17);;1H2/q;;-1;;;;;+1;/p-1/t16-,20+;13-,17+;14-,16+;;;;;;/m000....../s1/i;;;;1D;;;;. The summed E-state index contributed by atoms with van der Waals surface area (Å²) >= 11 is 9.00. The van der Waals surface area contributed by atoms with E-state index < -0.39 is 24.4 Å². The monoisotopic (exact) mass is 1880 g/mol. The first-order valence-electron chi connectivity index (χ1n) is 40.3. The molecule has 0 saturated carbocycles. The Labute approximate surface area is 786 Å².